The Morgan fingerprint density at radius 2 is 2.00 bits per heavy atom. The van der Waals surface area contributed by atoms with E-state index in [1.165, 1.54) is 32.1 Å². The van der Waals surface area contributed by atoms with E-state index in [-0.39, 0.29) is 0 Å². The van der Waals surface area contributed by atoms with Crippen molar-refractivity contribution in [3.8, 4) is 0 Å². The van der Waals surface area contributed by atoms with Crippen molar-refractivity contribution in [1.29, 1.82) is 5.41 Å². The lowest BCUT2D eigenvalue weighted by molar-refractivity contribution is 0.449. The van der Waals surface area contributed by atoms with Gasteiger partial charge in [-0.15, -0.1) is 0 Å². The van der Waals surface area contributed by atoms with Crippen LogP contribution in [0.2, 0.25) is 0 Å². The molecular weight excluding hydrogens is 350 g/mol. The Bertz CT molecular complexity index is 799. The molecule has 1 unspecified atom stereocenters. The Morgan fingerprint density at radius 3 is 2.71 bits per heavy atom. The third-order valence-electron chi connectivity index (χ3n) is 5.87. The molecule has 0 aromatic carbocycles. The molecule has 2 aliphatic rings. The monoisotopic (exact) mass is 381 g/mol. The number of anilines is 2. The predicted molar refractivity (Wildman–Crippen MR) is 114 cm³/mol. The van der Waals surface area contributed by atoms with Crippen LogP contribution in [0.25, 0.3) is 0 Å². The number of nitrogens with zero attached hydrogens (tertiary/aromatic N) is 3. The van der Waals surface area contributed by atoms with Crippen molar-refractivity contribution in [1.82, 2.24) is 20.3 Å². The van der Waals surface area contributed by atoms with Crippen LogP contribution in [-0.2, 0) is 0 Å². The summed E-state index contributed by atoms with van der Waals surface area (Å²) in [5.74, 6) is 3.14. The van der Waals surface area contributed by atoms with Gasteiger partial charge in [-0.2, -0.15) is 0 Å². The fourth-order valence-electron chi connectivity index (χ4n) is 4.22. The fraction of sp³-hybridized carbons (Fsp3) is 0.571. The van der Waals surface area contributed by atoms with Gasteiger partial charge < -0.3 is 20.5 Å². The number of rotatable bonds is 5. The number of nitrogens with one attached hydrogen (secondary N) is 4. The standard InChI is InChI=1S/C21H31N7/c1-23-21-16(8-9-18(27-21)28-11-4-2-3-5-12-28)19(22)17-14-25-20(26-17)15-7-6-10-24-13-15/h8-9,14-15,22,24H,2-7,10-13H2,1H3,(H,23,27)(H,25,26). The van der Waals surface area contributed by atoms with Crippen LogP contribution in [0.15, 0.2) is 18.3 Å². The van der Waals surface area contributed by atoms with E-state index >= 15 is 0 Å². The zero-order chi connectivity index (χ0) is 19.3. The van der Waals surface area contributed by atoms with Gasteiger partial charge in [0.25, 0.3) is 0 Å². The maximum absolute atomic E-state index is 8.71. The van der Waals surface area contributed by atoms with E-state index in [1.54, 1.807) is 6.20 Å². The van der Waals surface area contributed by atoms with Crippen molar-refractivity contribution in [3.05, 3.63) is 35.4 Å². The number of aromatic amines is 1. The molecule has 2 aliphatic heterocycles. The summed E-state index contributed by atoms with van der Waals surface area (Å²) in [5.41, 5.74) is 1.99. The van der Waals surface area contributed by atoms with Crippen LogP contribution < -0.4 is 15.5 Å². The number of imidazole rings is 1. The molecule has 28 heavy (non-hydrogen) atoms. The molecule has 2 aromatic rings. The minimum atomic E-state index is 0.405. The van der Waals surface area contributed by atoms with Crippen molar-refractivity contribution >= 4 is 17.3 Å². The molecule has 0 radical (unpaired) electrons. The molecule has 4 rings (SSSR count). The highest BCUT2D eigenvalue weighted by Crippen LogP contribution is 2.25. The van der Waals surface area contributed by atoms with Crippen LogP contribution in [0.1, 0.15) is 61.5 Å². The molecule has 150 valence electrons. The van der Waals surface area contributed by atoms with E-state index in [2.05, 4.69) is 31.6 Å². The van der Waals surface area contributed by atoms with E-state index in [1.807, 2.05) is 13.1 Å². The molecule has 0 aliphatic carbocycles. The molecule has 4 heterocycles. The number of piperidine rings is 1. The van der Waals surface area contributed by atoms with Gasteiger partial charge >= 0.3 is 0 Å². The van der Waals surface area contributed by atoms with Crippen molar-refractivity contribution in [2.24, 2.45) is 0 Å². The first-order chi connectivity index (χ1) is 13.8. The average Bonchev–Trinajstić information content (AvgIpc) is 3.09. The van der Waals surface area contributed by atoms with Crippen molar-refractivity contribution in [2.75, 3.05) is 43.4 Å². The normalized spacial score (nSPS) is 20.6. The van der Waals surface area contributed by atoms with Gasteiger partial charge in [-0.25, -0.2) is 9.97 Å². The predicted octanol–water partition coefficient (Wildman–Crippen LogP) is 3.11. The number of aromatic nitrogens is 3. The summed E-state index contributed by atoms with van der Waals surface area (Å²) in [7, 11) is 1.87. The first kappa shape index (κ1) is 18.9. The quantitative estimate of drug-likeness (QED) is 0.597. The van der Waals surface area contributed by atoms with E-state index in [0.717, 1.165) is 61.3 Å². The van der Waals surface area contributed by atoms with Crippen molar-refractivity contribution in [3.63, 3.8) is 0 Å². The van der Waals surface area contributed by atoms with Crippen molar-refractivity contribution < 1.29 is 0 Å². The number of hydrogen-bond acceptors (Lipinski definition) is 6. The molecule has 7 nitrogen and oxygen atoms in total. The van der Waals surface area contributed by atoms with E-state index in [4.69, 9.17) is 10.4 Å². The van der Waals surface area contributed by atoms with Crippen LogP contribution in [-0.4, -0.2) is 53.9 Å². The zero-order valence-electron chi connectivity index (χ0n) is 16.7. The van der Waals surface area contributed by atoms with Gasteiger partial charge in [0.05, 0.1) is 17.6 Å². The Hall–Kier alpha value is -2.41. The van der Waals surface area contributed by atoms with Gasteiger partial charge in [0.15, 0.2) is 0 Å². The Morgan fingerprint density at radius 1 is 1.18 bits per heavy atom. The van der Waals surface area contributed by atoms with Crippen LogP contribution >= 0.6 is 0 Å². The molecule has 2 saturated heterocycles. The highest BCUT2D eigenvalue weighted by molar-refractivity contribution is 6.12. The first-order valence-corrected chi connectivity index (χ1v) is 10.5. The SMILES string of the molecule is CNc1nc(N2CCCCCC2)ccc1C(=N)c1cnc(C2CCCNC2)[nH]1. The molecule has 0 spiro atoms. The molecule has 1 atom stereocenters. The first-order valence-electron chi connectivity index (χ1n) is 10.5. The summed E-state index contributed by atoms with van der Waals surface area (Å²) in [5, 5.41) is 15.3. The van der Waals surface area contributed by atoms with Gasteiger partial charge in [0.1, 0.15) is 17.5 Å². The average molecular weight is 382 g/mol. The molecular formula is C21H31N7. The Kier molecular flexibility index (Phi) is 5.90. The summed E-state index contributed by atoms with van der Waals surface area (Å²) in [4.78, 5) is 15.1. The third-order valence-corrected chi connectivity index (χ3v) is 5.87. The van der Waals surface area contributed by atoms with E-state index in [0.29, 0.717) is 11.6 Å². The van der Waals surface area contributed by atoms with E-state index < -0.39 is 0 Å². The number of pyridine rings is 1. The molecule has 2 fully saturated rings. The summed E-state index contributed by atoms with van der Waals surface area (Å²) in [6, 6.07) is 4.07. The highest BCUT2D eigenvalue weighted by atomic mass is 15.2. The highest BCUT2D eigenvalue weighted by Gasteiger charge is 2.21. The van der Waals surface area contributed by atoms with Crippen LogP contribution in [0, 0.1) is 5.41 Å². The Balaban J connectivity index is 1.54. The second-order valence-corrected chi connectivity index (χ2v) is 7.82. The minimum Gasteiger partial charge on any atom is -0.373 e. The minimum absolute atomic E-state index is 0.405. The van der Waals surface area contributed by atoms with Crippen LogP contribution in [0.4, 0.5) is 11.6 Å². The van der Waals surface area contributed by atoms with Gasteiger partial charge in [-0.05, 0) is 44.4 Å². The van der Waals surface area contributed by atoms with Gasteiger partial charge in [-0.1, -0.05) is 12.8 Å². The second-order valence-electron chi connectivity index (χ2n) is 7.82. The summed E-state index contributed by atoms with van der Waals surface area (Å²) in [6.45, 7) is 4.16. The van der Waals surface area contributed by atoms with Crippen molar-refractivity contribution in [2.45, 2.75) is 44.4 Å². The lowest BCUT2D eigenvalue weighted by Gasteiger charge is -2.22. The number of hydrogen-bond donors (Lipinski definition) is 4. The largest absolute Gasteiger partial charge is 0.373 e. The van der Waals surface area contributed by atoms with E-state index in [9.17, 15) is 0 Å². The fourth-order valence-corrected chi connectivity index (χ4v) is 4.22. The molecule has 0 bridgehead atoms. The molecule has 0 saturated carbocycles. The molecule has 7 heteroatoms. The molecule has 4 N–H and O–H groups in total. The maximum Gasteiger partial charge on any atom is 0.137 e. The van der Waals surface area contributed by atoms with Crippen LogP contribution in [0.5, 0.6) is 0 Å². The van der Waals surface area contributed by atoms with Gasteiger partial charge in [0, 0.05) is 38.2 Å². The maximum atomic E-state index is 8.71. The topological polar surface area (TPSA) is 92.7 Å². The van der Waals surface area contributed by atoms with Crippen LogP contribution in [0.3, 0.4) is 0 Å². The summed E-state index contributed by atoms with van der Waals surface area (Å²) in [6.07, 6.45) is 9.15. The lowest BCUT2D eigenvalue weighted by atomic mass is 9.99. The third kappa shape index (κ3) is 4.04. The lowest BCUT2D eigenvalue weighted by Crippen LogP contribution is -2.29. The number of H-pyrrole nitrogens is 1. The second kappa shape index (κ2) is 8.73. The smallest absolute Gasteiger partial charge is 0.137 e. The zero-order valence-corrected chi connectivity index (χ0v) is 16.7. The van der Waals surface area contributed by atoms with Gasteiger partial charge in [0.2, 0.25) is 0 Å². The summed E-state index contributed by atoms with van der Waals surface area (Å²) < 4.78 is 0. The molecule has 2 aromatic heterocycles. The Labute approximate surface area is 166 Å². The molecule has 0 amide bonds. The van der Waals surface area contributed by atoms with Gasteiger partial charge in [-0.3, -0.25) is 5.41 Å². The summed E-state index contributed by atoms with van der Waals surface area (Å²) >= 11 is 0.